The second-order valence-electron chi connectivity index (χ2n) is 5.41. The van der Waals surface area contributed by atoms with E-state index in [9.17, 15) is 14.3 Å². The van der Waals surface area contributed by atoms with Crippen LogP contribution in [0.3, 0.4) is 0 Å². The summed E-state index contributed by atoms with van der Waals surface area (Å²) in [7, 11) is 0. The molecule has 122 valence electrons. The summed E-state index contributed by atoms with van der Waals surface area (Å²) >= 11 is 0. The van der Waals surface area contributed by atoms with Crippen molar-refractivity contribution in [1.82, 2.24) is 10.3 Å². The Morgan fingerprint density at radius 3 is 2.61 bits per heavy atom. The van der Waals surface area contributed by atoms with Gasteiger partial charge in [-0.2, -0.15) is 4.39 Å². The van der Waals surface area contributed by atoms with Crippen LogP contribution in [0.4, 0.5) is 4.39 Å². The summed E-state index contributed by atoms with van der Waals surface area (Å²) in [5.74, 6) is -1.16. The zero-order valence-corrected chi connectivity index (χ0v) is 13.3. The molecule has 0 spiro atoms. The second-order valence-corrected chi connectivity index (χ2v) is 5.41. The Balaban J connectivity index is 2.15. The van der Waals surface area contributed by atoms with E-state index in [0.717, 1.165) is 12.0 Å². The standard InChI is InChI=1S/C18H21FN2O2/c1-3-13-10-14(16(19)20-11-13)12-21-17(22)18(23,4-2)15-8-6-5-7-9-15/h5-11,23H,3-4,12H2,1-2H3,(H,21,22). The van der Waals surface area contributed by atoms with E-state index in [1.54, 1.807) is 37.3 Å². The molecule has 0 aliphatic carbocycles. The number of aryl methyl sites for hydroxylation is 1. The number of nitrogens with one attached hydrogen (secondary N) is 1. The van der Waals surface area contributed by atoms with Crippen LogP contribution in [0, 0.1) is 5.95 Å². The van der Waals surface area contributed by atoms with Gasteiger partial charge in [0.15, 0.2) is 5.60 Å². The van der Waals surface area contributed by atoms with Crippen LogP contribution in [-0.4, -0.2) is 16.0 Å². The van der Waals surface area contributed by atoms with Crippen LogP contribution in [0.25, 0.3) is 0 Å². The summed E-state index contributed by atoms with van der Waals surface area (Å²) in [6.07, 6.45) is 2.43. The molecule has 5 heteroatoms. The third-order valence-electron chi connectivity index (χ3n) is 3.95. The minimum Gasteiger partial charge on any atom is -0.375 e. The molecule has 0 aliphatic heterocycles. The van der Waals surface area contributed by atoms with Gasteiger partial charge in [-0.25, -0.2) is 4.98 Å². The zero-order valence-electron chi connectivity index (χ0n) is 13.3. The van der Waals surface area contributed by atoms with Crippen LogP contribution in [0.1, 0.15) is 37.0 Å². The van der Waals surface area contributed by atoms with Gasteiger partial charge in [-0.15, -0.1) is 0 Å². The molecule has 0 bridgehead atoms. The van der Waals surface area contributed by atoms with E-state index in [1.807, 2.05) is 13.0 Å². The molecule has 2 N–H and O–H groups in total. The lowest BCUT2D eigenvalue weighted by molar-refractivity contribution is -0.141. The van der Waals surface area contributed by atoms with Crippen molar-refractivity contribution in [3.8, 4) is 0 Å². The summed E-state index contributed by atoms with van der Waals surface area (Å²) in [5, 5.41) is 13.3. The molecule has 2 rings (SSSR count). The number of rotatable bonds is 6. The van der Waals surface area contributed by atoms with Gasteiger partial charge in [0.25, 0.3) is 5.91 Å². The normalized spacial score (nSPS) is 13.4. The Bertz CT molecular complexity index is 676. The van der Waals surface area contributed by atoms with Crippen LogP contribution in [0.5, 0.6) is 0 Å². The maximum atomic E-state index is 13.7. The Labute approximate surface area is 135 Å². The monoisotopic (exact) mass is 316 g/mol. The van der Waals surface area contributed by atoms with E-state index < -0.39 is 17.5 Å². The number of nitrogens with zero attached hydrogens (tertiary/aromatic N) is 1. The summed E-state index contributed by atoms with van der Waals surface area (Å²) < 4.78 is 13.7. The predicted octanol–water partition coefficient (Wildman–Crippen LogP) is 2.70. The molecule has 1 unspecified atom stereocenters. The average molecular weight is 316 g/mol. The molecule has 1 atom stereocenters. The van der Waals surface area contributed by atoms with Crippen molar-refractivity contribution in [1.29, 1.82) is 0 Å². The van der Waals surface area contributed by atoms with E-state index in [2.05, 4.69) is 10.3 Å². The molecule has 0 saturated carbocycles. The minimum absolute atomic E-state index is 0.0132. The fourth-order valence-electron chi connectivity index (χ4n) is 2.39. The lowest BCUT2D eigenvalue weighted by atomic mass is 9.90. The first-order valence-electron chi connectivity index (χ1n) is 7.70. The van der Waals surface area contributed by atoms with Gasteiger partial charge >= 0.3 is 0 Å². The molecular weight excluding hydrogens is 295 g/mol. The molecule has 2 aromatic rings. The number of aliphatic hydroxyl groups is 1. The largest absolute Gasteiger partial charge is 0.375 e. The van der Waals surface area contributed by atoms with E-state index >= 15 is 0 Å². The quantitative estimate of drug-likeness (QED) is 0.806. The lowest BCUT2D eigenvalue weighted by Crippen LogP contribution is -2.43. The number of benzene rings is 1. The summed E-state index contributed by atoms with van der Waals surface area (Å²) in [4.78, 5) is 16.1. The van der Waals surface area contributed by atoms with E-state index in [-0.39, 0.29) is 13.0 Å². The van der Waals surface area contributed by atoms with Crippen molar-refractivity contribution in [3.05, 3.63) is 65.2 Å². The van der Waals surface area contributed by atoms with Crippen molar-refractivity contribution >= 4 is 5.91 Å². The van der Waals surface area contributed by atoms with Gasteiger partial charge < -0.3 is 10.4 Å². The first kappa shape index (κ1) is 17.1. The molecule has 0 radical (unpaired) electrons. The number of hydrogen-bond acceptors (Lipinski definition) is 3. The molecule has 1 aromatic heterocycles. The van der Waals surface area contributed by atoms with Crippen LogP contribution in [0.2, 0.25) is 0 Å². The molecule has 0 saturated heterocycles. The maximum absolute atomic E-state index is 13.7. The topological polar surface area (TPSA) is 62.2 Å². The highest BCUT2D eigenvalue weighted by Crippen LogP contribution is 2.25. The molecule has 0 fully saturated rings. The number of hydrogen-bond donors (Lipinski definition) is 2. The third-order valence-corrected chi connectivity index (χ3v) is 3.95. The number of carbonyl (C=O) groups is 1. The second kappa shape index (κ2) is 7.33. The molecule has 1 aromatic carbocycles. The van der Waals surface area contributed by atoms with Crippen molar-refractivity contribution < 1.29 is 14.3 Å². The highest BCUT2D eigenvalue weighted by atomic mass is 19.1. The zero-order chi connectivity index (χ0) is 16.9. The van der Waals surface area contributed by atoms with E-state index in [0.29, 0.717) is 11.1 Å². The highest BCUT2D eigenvalue weighted by molar-refractivity contribution is 5.86. The third kappa shape index (κ3) is 3.74. The fraction of sp³-hybridized carbons (Fsp3) is 0.333. The Morgan fingerprint density at radius 2 is 2.00 bits per heavy atom. The van der Waals surface area contributed by atoms with Gasteiger partial charge in [-0.3, -0.25) is 4.79 Å². The van der Waals surface area contributed by atoms with Gasteiger partial charge in [-0.1, -0.05) is 44.2 Å². The van der Waals surface area contributed by atoms with Gasteiger partial charge in [0.2, 0.25) is 5.95 Å². The van der Waals surface area contributed by atoms with Crippen molar-refractivity contribution in [2.24, 2.45) is 0 Å². The van der Waals surface area contributed by atoms with Crippen LogP contribution < -0.4 is 5.32 Å². The van der Waals surface area contributed by atoms with E-state index in [1.165, 1.54) is 6.20 Å². The van der Waals surface area contributed by atoms with Crippen LogP contribution in [-0.2, 0) is 23.4 Å². The van der Waals surface area contributed by atoms with Gasteiger partial charge in [0, 0.05) is 18.3 Å². The summed E-state index contributed by atoms with van der Waals surface area (Å²) in [6.45, 7) is 3.66. The smallest absolute Gasteiger partial charge is 0.256 e. The summed E-state index contributed by atoms with van der Waals surface area (Å²) in [6, 6.07) is 10.4. The van der Waals surface area contributed by atoms with Gasteiger partial charge in [0.1, 0.15) is 0 Å². The first-order chi connectivity index (χ1) is 11.0. The Kier molecular flexibility index (Phi) is 5.45. The number of pyridine rings is 1. The van der Waals surface area contributed by atoms with Gasteiger partial charge in [0.05, 0.1) is 0 Å². The molecular formula is C18H21FN2O2. The number of amides is 1. The first-order valence-corrected chi connectivity index (χ1v) is 7.70. The molecule has 0 aliphatic rings. The summed E-state index contributed by atoms with van der Waals surface area (Å²) in [5.41, 5.74) is 0.0858. The van der Waals surface area contributed by atoms with E-state index in [4.69, 9.17) is 0 Å². The maximum Gasteiger partial charge on any atom is 0.256 e. The molecule has 1 heterocycles. The Hall–Kier alpha value is -2.27. The fourth-order valence-corrected chi connectivity index (χ4v) is 2.39. The molecule has 23 heavy (non-hydrogen) atoms. The van der Waals surface area contributed by atoms with Crippen molar-refractivity contribution in [3.63, 3.8) is 0 Å². The predicted molar refractivity (Wildman–Crippen MR) is 86.0 cm³/mol. The Morgan fingerprint density at radius 1 is 1.30 bits per heavy atom. The van der Waals surface area contributed by atoms with Crippen molar-refractivity contribution in [2.75, 3.05) is 0 Å². The molecule has 1 amide bonds. The SMILES string of the molecule is CCc1cnc(F)c(CNC(=O)C(O)(CC)c2ccccc2)c1. The number of aromatic nitrogens is 1. The van der Waals surface area contributed by atoms with Crippen LogP contribution >= 0.6 is 0 Å². The minimum atomic E-state index is -1.63. The molecule has 4 nitrogen and oxygen atoms in total. The lowest BCUT2D eigenvalue weighted by Gasteiger charge is -2.26. The van der Waals surface area contributed by atoms with Gasteiger partial charge in [-0.05, 0) is 30.0 Å². The highest BCUT2D eigenvalue weighted by Gasteiger charge is 2.35. The number of carbonyl (C=O) groups excluding carboxylic acids is 1. The van der Waals surface area contributed by atoms with Crippen LogP contribution in [0.15, 0.2) is 42.6 Å². The average Bonchev–Trinajstić information content (AvgIpc) is 2.60. The van der Waals surface area contributed by atoms with Crippen molar-refractivity contribution in [2.45, 2.75) is 38.8 Å². The number of halogens is 1.